The van der Waals surface area contributed by atoms with Gasteiger partial charge in [-0.3, -0.25) is 9.59 Å². The molecule has 0 saturated carbocycles. The first-order valence-corrected chi connectivity index (χ1v) is 7.51. The Morgan fingerprint density at radius 3 is 2.68 bits per heavy atom. The molecule has 1 aromatic carbocycles. The third kappa shape index (κ3) is 2.34. The summed E-state index contributed by atoms with van der Waals surface area (Å²) in [6.07, 6.45) is 1.64. The number of benzene rings is 1. The Morgan fingerprint density at radius 1 is 1.18 bits per heavy atom. The van der Waals surface area contributed by atoms with Crippen LogP contribution in [0.3, 0.4) is 0 Å². The maximum absolute atomic E-state index is 12.8. The molecule has 2 heterocycles. The number of carbonyl (C=O) groups is 2. The van der Waals surface area contributed by atoms with Crippen molar-refractivity contribution in [1.82, 2.24) is 4.57 Å². The van der Waals surface area contributed by atoms with Crippen LogP contribution in [0, 0.1) is 6.92 Å². The molecule has 1 unspecified atom stereocenters. The Kier molecular flexibility index (Phi) is 3.84. The van der Waals surface area contributed by atoms with Crippen LogP contribution in [-0.4, -0.2) is 23.4 Å². The molecular weight excluding hydrogens is 278 g/mol. The van der Waals surface area contributed by atoms with Crippen LogP contribution < -0.4 is 0 Å². The lowest BCUT2D eigenvalue weighted by Gasteiger charge is -2.24. The van der Waals surface area contributed by atoms with Crippen molar-refractivity contribution in [1.29, 1.82) is 0 Å². The van der Waals surface area contributed by atoms with E-state index in [9.17, 15) is 9.59 Å². The summed E-state index contributed by atoms with van der Waals surface area (Å²) in [5.41, 5.74) is 3.21. The van der Waals surface area contributed by atoms with Gasteiger partial charge in [-0.2, -0.15) is 0 Å². The average molecular weight is 297 g/mol. The van der Waals surface area contributed by atoms with Crippen LogP contribution in [0.25, 0.3) is 0 Å². The predicted octanol–water partition coefficient (Wildman–Crippen LogP) is 3.08. The number of esters is 1. The summed E-state index contributed by atoms with van der Waals surface area (Å²) in [4.78, 5) is 24.7. The molecule has 4 heteroatoms. The zero-order chi connectivity index (χ0) is 15.7. The van der Waals surface area contributed by atoms with Gasteiger partial charge in [0, 0.05) is 17.8 Å². The molecule has 0 amide bonds. The van der Waals surface area contributed by atoms with Gasteiger partial charge in [0.2, 0.25) is 5.78 Å². The van der Waals surface area contributed by atoms with E-state index in [-0.39, 0.29) is 17.7 Å². The second-order valence-electron chi connectivity index (χ2n) is 5.66. The van der Waals surface area contributed by atoms with Gasteiger partial charge in [-0.25, -0.2) is 0 Å². The number of nitrogens with zero attached hydrogens (tertiary/aromatic N) is 1. The SMILES string of the molecule is COC(=O)C1CCCn2c(C(=O)c3ccccc3C)ccc21. The third-order valence-corrected chi connectivity index (χ3v) is 4.35. The van der Waals surface area contributed by atoms with Gasteiger partial charge in [0.1, 0.15) is 0 Å². The van der Waals surface area contributed by atoms with Crippen molar-refractivity contribution in [3.8, 4) is 0 Å². The van der Waals surface area contributed by atoms with Gasteiger partial charge >= 0.3 is 5.97 Å². The molecule has 2 aromatic rings. The highest BCUT2D eigenvalue weighted by atomic mass is 16.5. The average Bonchev–Trinajstić information content (AvgIpc) is 2.98. The minimum absolute atomic E-state index is 0.00914. The van der Waals surface area contributed by atoms with Crippen LogP contribution in [-0.2, 0) is 16.1 Å². The van der Waals surface area contributed by atoms with Gasteiger partial charge in [-0.05, 0) is 37.5 Å². The Balaban J connectivity index is 2.01. The van der Waals surface area contributed by atoms with E-state index >= 15 is 0 Å². The molecule has 1 aliphatic rings. The van der Waals surface area contributed by atoms with E-state index in [4.69, 9.17) is 4.74 Å². The molecule has 22 heavy (non-hydrogen) atoms. The highest BCUT2D eigenvalue weighted by molar-refractivity contribution is 6.09. The molecular formula is C18H19NO3. The van der Waals surface area contributed by atoms with Crippen LogP contribution in [0.4, 0.5) is 0 Å². The number of hydrogen-bond donors (Lipinski definition) is 0. The lowest BCUT2D eigenvalue weighted by atomic mass is 9.96. The van der Waals surface area contributed by atoms with Crippen molar-refractivity contribution in [2.45, 2.75) is 32.2 Å². The molecule has 0 aliphatic carbocycles. The van der Waals surface area contributed by atoms with Gasteiger partial charge in [-0.1, -0.05) is 24.3 Å². The summed E-state index contributed by atoms with van der Waals surface area (Å²) in [6.45, 7) is 2.70. The minimum Gasteiger partial charge on any atom is -0.469 e. The Morgan fingerprint density at radius 2 is 1.95 bits per heavy atom. The van der Waals surface area contributed by atoms with Crippen molar-refractivity contribution < 1.29 is 14.3 Å². The fourth-order valence-corrected chi connectivity index (χ4v) is 3.18. The van der Waals surface area contributed by atoms with Gasteiger partial charge < -0.3 is 9.30 Å². The first-order chi connectivity index (χ1) is 10.6. The summed E-state index contributed by atoms with van der Waals surface area (Å²) < 4.78 is 6.85. The van der Waals surface area contributed by atoms with Gasteiger partial charge in [0.15, 0.2) is 0 Å². The number of aryl methyl sites for hydroxylation is 1. The monoisotopic (exact) mass is 297 g/mol. The highest BCUT2D eigenvalue weighted by Crippen LogP contribution is 2.31. The highest BCUT2D eigenvalue weighted by Gasteiger charge is 2.30. The number of hydrogen-bond acceptors (Lipinski definition) is 3. The molecule has 0 saturated heterocycles. The molecule has 1 aliphatic heterocycles. The first-order valence-electron chi connectivity index (χ1n) is 7.51. The lowest BCUT2D eigenvalue weighted by molar-refractivity contribution is -0.143. The Labute approximate surface area is 129 Å². The summed E-state index contributed by atoms with van der Waals surface area (Å²) in [7, 11) is 1.41. The van der Waals surface area contributed by atoms with E-state index in [1.54, 1.807) is 0 Å². The zero-order valence-electron chi connectivity index (χ0n) is 12.8. The van der Waals surface area contributed by atoms with E-state index in [1.807, 2.05) is 47.9 Å². The fourth-order valence-electron chi connectivity index (χ4n) is 3.18. The molecule has 0 radical (unpaired) electrons. The van der Waals surface area contributed by atoms with E-state index < -0.39 is 0 Å². The molecule has 114 valence electrons. The van der Waals surface area contributed by atoms with Crippen LogP contribution in [0.1, 0.15) is 46.1 Å². The van der Waals surface area contributed by atoms with Crippen molar-refractivity contribution in [3.63, 3.8) is 0 Å². The third-order valence-electron chi connectivity index (χ3n) is 4.35. The summed E-state index contributed by atoms with van der Waals surface area (Å²) in [5.74, 6) is -0.485. The topological polar surface area (TPSA) is 48.3 Å². The Hall–Kier alpha value is -2.36. The Bertz CT molecular complexity index is 730. The molecule has 1 aromatic heterocycles. The van der Waals surface area contributed by atoms with Gasteiger partial charge in [0.25, 0.3) is 0 Å². The number of fused-ring (bicyclic) bond motifs is 1. The van der Waals surface area contributed by atoms with E-state index in [0.29, 0.717) is 11.3 Å². The number of aromatic nitrogens is 1. The van der Waals surface area contributed by atoms with Crippen molar-refractivity contribution >= 4 is 11.8 Å². The molecule has 1 atom stereocenters. The van der Waals surface area contributed by atoms with Crippen LogP contribution in [0.15, 0.2) is 36.4 Å². The summed E-state index contributed by atoms with van der Waals surface area (Å²) in [6, 6.07) is 11.3. The number of methoxy groups -OCH3 is 1. The van der Waals surface area contributed by atoms with Crippen LogP contribution in [0.2, 0.25) is 0 Å². The minimum atomic E-state index is -0.267. The number of carbonyl (C=O) groups excluding carboxylic acids is 2. The van der Waals surface area contributed by atoms with Crippen molar-refractivity contribution in [2.24, 2.45) is 0 Å². The maximum atomic E-state index is 12.8. The second-order valence-corrected chi connectivity index (χ2v) is 5.66. The van der Waals surface area contributed by atoms with Crippen LogP contribution in [0.5, 0.6) is 0 Å². The number of rotatable bonds is 3. The normalized spacial score (nSPS) is 16.9. The summed E-state index contributed by atoms with van der Waals surface area (Å²) >= 11 is 0. The lowest BCUT2D eigenvalue weighted by Crippen LogP contribution is -2.25. The van der Waals surface area contributed by atoms with Crippen LogP contribution >= 0.6 is 0 Å². The largest absolute Gasteiger partial charge is 0.469 e. The van der Waals surface area contributed by atoms with Gasteiger partial charge in [-0.15, -0.1) is 0 Å². The number of ketones is 1. The van der Waals surface area contributed by atoms with E-state index in [0.717, 1.165) is 30.6 Å². The molecule has 0 bridgehead atoms. The smallest absolute Gasteiger partial charge is 0.314 e. The molecule has 3 rings (SSSR count). The molecule has 0 fully saturated rings. The first kappa shape index (κ1) is 14.6. The van der Waals surface area contributed by atoms with Crippen molar-refractivity contribution in [2.75, 3.05) is 7.11 Å². The zero-order valence-corrected chi connectivity index (χ0v) is 12.8. The quantitative estimate of drug-likeness (QED) is 0.646. The summed E-state index contributed by atoms with van der Waals surface area (Å²) in [5, 5.41) is 0. The number of ether oxygens (including phenoxy) is 1. The van der Waals surface area contributed by atoms with E-state index in [2.05, 4.69) is 0 Å². The van der Waals surface area contributed by atoms with E-state index in [1.165, 1.54) is 7.11 Å². The second kappa shape index (κ2) is 5.79. The fraction of sp³-hybridized carbons (Fsp3) is 0.333. The molecule has 0 spiro atoms. The maximum Gasteiger partial charge on any atom is 0.314 e. The molecule has 4 nitrogen and oxygen atoms in total. The molecule has 0 N–H and O–H groups in total. The predicted molar refractivity (Wildman–Crippen MR) is 83.0 cm³/mol. The standard InChI is InChI=1S/C18H19NO3/c1-12-6-3-4-7-13(12)17(20)16-10-9-15-14(18(21)22-2)8-5-11-19(15)16/h3-4,6-7,9-10,14H,5,8,11H2,1-2H3. The van der Waals surface area contributed by atoms with Gasteiger partial charge in [0.05, 0.1) is 18.7 Å². The van der Waals surface area contributed by atoms with Crippen molar-refractivity contribution in [3.05, 3.63) is 58.9 Å².